The molecule has 188 valence electrons. The molecule has 1 aliphatic heterocycles. The van der Waals surface area contributed by atoms with E-state index in [9.17, 15) is 45.3 Å². The molecule has 21 heteroatoms. The molecule has 0 aromatic carbocycles. The van der Waals surface area contributed by atoms with Gasteiger partial charge in [0.25, 0.3) is 11.8 Å². The van der Waals surface area contributed by atoms with E-state index in [1.54, 1.807) is 0 Å². The van der Waals surface area contributed by atoms with E-state index in [1.807, 2.05) is 5.32 Å². The minimum absolute atomic E-state index is 0. The van der Waals surface area contributed by atoms with Gasteiger partial charge in [0.05, 0.1) is 6.04 Å². The normalized spacial score (nSPS) is 18.2. The van der Waals surface area contributed by atoms with E-state index < -0.39 is 64.4 Å². The third kappa shape index (κ3) is 7.72. The molecule has 2 atom stereocenters. The number of aromatic nitrogens is 1. The van der Waals surface area contributed by atoms with Crippen LogP contribution in [0.5, 0.6) is 0 Å². The van der Waals surface area contributed by atoms with Gasteiger partial charge in [0.1, 0.15) is 24.7 Å². The summed E-state index contributed by atoms with van der Waals surface area (Å²) in [6.45, 7) is -1.13. The molecule has 3 N–H and O–H groups in total. The number of hydrogen-bond acceptors (Lipinski definition) is 11. The summed E-state index contributed by atoms with van der Waals surface area (Å²) in [4.78, 5) is 55.6. The summed E-state index contributed by atoms with van der Waals surface area (Å²) in [6, 6.07) is -3.68. The van der Waals surface area contributed by atoms with Crippen LogP contribution in [0.1, 0.15) is 5.69 Å². The van der Waals surface area contributed by atoms with Gasteiger partial charge in [-0.3, -0.25) is 19.2 Å². The number of nitrogens with one attached hydrogen (secondary N) is 3. The summed E-state index contributed by atoms with van der Waals surface area (Å²) in [6.07, 6.45) is -5.33. The Morgan fingerprint density at radius 1 is 1.37 bits per heavy atom. The quantitative estimate of drug-likeness (QED) is 0.0651. The first kappa shape index (κ1) is 31.0. The molecular weight excluding hydrogens is 560 g/mol. The number of amides is 4. The average molecular weight is 573 g/mol. The Bertz CT molecular complexity index is 1130. The van der Waals surface area contributed by atoms with Crippen LogP contribution in [-0.2, 0) is 34.3 Å². The molecule has 1 aromatic rings. The van der Waals surface area contributed by atoms with Gasteiger partial charge in [0.15, 0.2) is 21.1 Å². The molecule has 0 spiro atoms. The second-order valence-electron chi connectivity index (χ2n) is 6.16. The SMILES string of the molecule is CO/N=C(\C(=O)N[C@H]1C(=O)N(S(=O)(=O)[O-])[C@H]1CNC(=O)C(F)(F)F)c1csc(NC(=O)CCl)n1.[Na+]. The van der Waals surface area contributed by atoms with Gasteiger partial charge in [-0.2, -0.15) is 13.2 Å². The molecule has 14 nitrogen and oxygen atoms in total. The van der Waals surface area contributed by atoms with Crippen molar-refractivity contribution in [3.05, 3.63) is 11.1 Å². The molecule has 0 unspecified atom stereocenters. The number of oxime groups is 1. The Kier molecular flexibility index (Phi) is 10.9. The predicted molar refractivity (Wildman–Crippen MR) is 106 cm³/mol. The molecule has 1 fully saturated rings. The first-order chi connectivity index (χ1) is 15.7. The van der Waals surface area contributed by atoms with Gasteiger partial charge in [-0.25, -0.2) is 17.7 Å². The molecule has 2 heterocycles. The molecule has 1 saturated heterocycles. The van der Waals surface area contributed by atoms with Crippen molar-refractivity contribution in [1.82, 2.24) is 19.9 Å². The zero-order valence-electron chi connectivity index (χ0n) is 17.6. The molecule has 0 aliphatic carbocycles. The molecule has 2 rings (SSSR count). The van der Waals surface area contributed by atoms with Crippen LogP contribution < -0.4 is 45.5 Å². The van der Waals surface area contributed by atoms with Gasteiger partial charge >= 0.3 is 41.6 Å². The number of rotatable bonds is 9. The molecule has 0 saturated carbocycles. The average Bonchev–Trinajstić information content (AvgIpc) is 3.18. The van der Waals surface area contributed by atoms with E-state index in [-0.39, 0.29) is 50.6 Å². The summed E-state index contributed by atoms with van der Waals surface area (Å²) < 4.78 is 70.8. The zero-order chi connectivity index (χ0) is 25.8. The molecule has 1 aromatic heterocycles. The summed E-state index contributed by atoms with van der Waals surface area (Å²) in [5, 5.41) is 10.3. The number of β-lactam (4-membered cyclic amide) rings is 1. The van der Waals surface area contributed by atoms with Gasteiger partial charge in [0, 0.05) is 11.9 Å². The van der Waals surface area contributed by atoms with Gasteiger partial charge in [0.2, 0.25) is 5.91 Å². The molecule has 35 heavy (non-hydrogen) atoms. The molecule has 0 bridgehead atoms. The van der Waals surface area contributed by atoms with E-state index in [2.05, 4.69) is 20.3 Å². The van der Waals surface area contributed by atoms with Crippen molar-refractivity contribution in [1.29, 1.82) is 0 Å². The topological polar surface area (TPSA) is 199 Å². The Balaban J connectivity index is 0.00000612. The first-order valence-electron chi connectivity index (χ1n) is 8.58. The summed E-state index contributed by atoms with van der Waals surface area (Å²) in [7, 11) is -4.43. The van der Waals surface area contributed by atoms with Gasteiger partial charge in [-0.15, -0.1) is 22.9 Å². The minimum atomic E-state index is -5.48. The fraction of sp³-hybridized carbons (Fsp3) is 0.429. The standard InChI is InChI=1S/C14H14ClF3N6O8S2.Na/c1-32-23-8(5-4-33-13(20-5)21-7(25)2-15)10(26)22-9-6(3-19-12(28)14(16,17)18)24(11(9)27)34(29,30)31;/h4,6,9H,2-3H2,1H3,(H,19,28)(H,22,26)(H,20,21,25)(H,29,30,31);/q;+1/p-1/b23-8-;/t6-,9+;/m0./s1. The fourth-order valence-electron chi connectivity index (χ4n) is 2.55. The van der Waals surface area contributed by atoms with E-state index in [0.717, 1.165) is 18.4 Å². The third-order valence-electron chi connectivity index (χ3n) is 3.94. The zero-order valence-corrected chi connectivity index (χ0v) is 22.0. The van der Waals surface area contributed by atoms with Crippen LogP contribution in [-0.4, -0.2) is 89.4 Å². The number of alkyl halides is 4. The van der Waals surface area contributed by atoms with E-state index in [0.29, 0.717) is 0 Å². The Morgan fingerprint density at radius 3 is 2.51 bits per heavy atom. The minimum Gasteiger partial charge on any atom is -0.731 e. The number of carbonyl (C=O) groups excluding carboxylic acids is 4. The fourth-order valence-corrected chi connectivity index (χ4v) is 4.19. The Hall–Kier alpha value is -2.03. The maximum absolute atomic E-state index is 12.6. The van der Waals surface area contributed by atoms with Gasteiger partial charge in [-0.1, -0.05) is 5.16 Å². The number of halogens is 4. The second-order valence-corrected chi connectivity index (χ2v) is 8.53. The molecule has 0 radical (unpaired) electrons. The number of nitrogens with zero attached hydrogens (tertiary/aromatic N) is 3. The second kappa shape index (κ2) is 12.3. The van der Waals surface area contributed by atoms with Crippen LogP contribution in [0.4, 0.5) is 18.3 Å². The van der Waals surface area contributed by atoms with Crippen LogP contribution in [0.15, 0.2) is 10.5 Å². The third-order valence-corrected chi connectivity index (χ3v) is 5.87. The molecule has 4 amide bonds. The molecule has 1 aliphatic rings. The van der Waals surface area contributed by atoms with Crippen molar-refractivity contribution < 1.29 is 79.7 Å². The summed E-state index contributed by atoms with van der Waals surface area (Å²) in [5.41, 5.74) is -0.740. The molecular formula is C14H13ClF3N6NaO8S2. The number of anilines is 1. The van der Waals surface area contributed by atoms with Crippen molar-refractivity contribution >= 4 is 67.7 Å². The van der Waals surface area contributed by atoms with E-state index in [4.69, 9.17) is 11.6 Å². The van der Waals surface area contributed by atoms with Crippen LogP contribution in [0, 0.1) is 0 Å². The first-order valence-corrected chi connectivity index (χ1v) is 11.4. The monoisotopic (exact) mass is 572 g/mol. The number of hydrogen-bond donors (Lipinski definition) is 3. The van der Waals surface area contributed by atoms with Crippen LogP contribution in [0.2, 0.25) is 0 Å². The maximum atomic E-state index is 12.6. The van der Waals surface area contributed by atoms with Gasteiger partial charge in [-0.05, 0) is 0 Å². The summed E-state index contributed by atoms with van der Waals surface area (Å²) >= 11 is 6.21. The predicted octanol–water partition coefficient (Wildman–Crippen LogP) is -4.49. The van der Waals surface area contributed by atoms with Crippen LogP contribution in [0.25, 0.3) is 0 Å². The van der Waals surface area contributed by atoms with E-state index in [1.165, 1.54) is 10.7 Å². The maximum Gasteiger partial charge on any atom is 1.00 e. The van der Waals surface area contributed by atoms with Crippen molar-refractivity contribution in [2.75, 3.05) is 24.9 Å². The van der Waals surface area contributed by atoms with E-state index >= 15 is 0 Å². The van der Waals surface area contributed by atoms with Crippen LogP contribution in [0.3, 0.4) is 0 Å². The number of carbonyl (C=O) groups is 4. The smallest absolute Gasteiger partial charge is 0.731 e. The number of thiazole rings is 1. The summed E-state index contributed by atoms with van der Waals surface area (Å²) in [5.74, 6) is -6.12. The largest absolute Gasteiger partial charge is 1.00 e. The Morgan fingerprint density at radius 2 is 2.00 bits per heavy atom. The van der Waals surface area contributed by atoms with Crippen molar-refractivity contribution in [3.63, 3.8) is 0 Å². The van der Waals surface area contributed by atoms with Crippen molar-refractivity contribution in [2.45, 2.75) is 18.3 Å². The van der Waals surface area contributed by atoms with Crippen molar-refractivity contribution in [3.8, 4) is 0 Å². The Labute approximate surface area is 225 Å². The van der Waals surface area contributed by atoms with Gasteiger partial charge < -0.3 is 25.3 Å². The van der Waals surface area contributed by atoms with Crippen LogP contribution >= 0.6 is 22.9 Å². The van der Waals surface area contributed by atoms with Crippen molar-refractivity contribution in [2.24, 2.45) is 5.16 Å².